The highest BCUT2D eigenvalue weighted by atomic mass is 32.2. The molecule has 5 nitrogen and oxygen atoms in total. The van der Waals surface area contributed by atoms with Gasteiger partial charge in [0.15, 0.2) is 0 Å². The molecule has 4 unspecified atom stereocenters. The number of hydrogen-bond donors (Lipinski definition) is 1. The SMILES string of the molecule is Cc1nc(S(=O)(=O)CCO)n(C(C)C2CC3CCC2C3)c1C. The van der Waals surface area contributed by atoms with Gasteiger partial charge in [0.2, 0.25) is 15.0 Å². The molecule has 124 valence electrons. The highest BCUT2D eigenvalue weighted by molar-refractivity contribution is 7.91. The van der Waals surface area contributed by atoms with E-state index in [-0.39, 0.29) is 23.6 Å². The fourth-order valence-electron chi connectivity index (χ4n) is 4.58. The molecule has 2 fully saturated rings. The van der Waals surface area contributed by atoms with Crippen LogP contribution in [0.3, 0.4) is 0 Å². The van der Waals surface area contributed by atoms with Crippen molar-refractivity contribution in [1.82, 2.24) is 9.55 Å². The quantitative estimate of drug-likeness (QED) is 0.901. The van der Waals surface area contributed by atoms with Gasteiger partial charge in [0.05, 0.1) is 18.1 Å². The third-order valence-corrected chi connectivity index (χ3v) is 7.38. The van der Waals surface area contributed by atoms with E-state index >= 15 is 0 Å². The molecule has 0 amide bonds. The normalized spacial score (nSPS) is 29.2. The molecule has 0 aliphatic heterocycles. The highest BCUT2D eigenvalue weighted by Crippen LogP contribution is 2.52. The van der Waals surface area contributed by atoms with Crippen LogP contribution < -0.4 is 0 Å². The summed E-state index contributed by atoms with van der Waals surface area (Å²) in [6, 6.07) is 0.153. The van der Waals surface area contributed by atoms with Gasteiger partial charge in [-0.3, -0.25) is 0 Å². The van der Waals surface area contributed by atoms with Crippen molar-refractivity contribution in [3.05, 3.63) is 11.4 Å². The molecule has 2 bridgehead atoms. The number of hydrogen-bond acceptors (Lipinski definition) is 4. The number of nitrogens with zero attached hydrogens (tertiary/aromatic N) is 2. The molecule has 1 aromatic rings. The topological polar surface area (TPSA) is 72.2 Å². The Morgan fingerprint density at radius 3 is 2.59 bits per heavy atom. The minimum Gasteiger partial charge on any atom is -0.395 e. The number of fused-ring (bicyclic) bond motifs is 2. The van der Waals surface area contributed by atoms with Crippen molar-refractivity contribution in [2.75, 3.05) is 12.4 Å². The molecule has 1 aromatic heterocycles. The lowest BCUT2D eigenvalue weighted by Crippen LogP contribution is -2.26. The summed E-state index contributed by atoms with van der Waals surface area (Å²) in [6.07, 6.45) is 5.14. The maximum absolute atomic E-state index is 12.5. The number of aromatic nitrogens is 2. The molecule has 0 spiro atoms. The van der Waals surface area contributed by atoms with Crippen LogP contribution in [0.2, 0.25) is 0 Å². The molecular weight excluding hydrogens is 300 g/mol. The first kappa shape index (κ1) is 16.0. The van der Waals surface area contributed by atoms with Crippen molar-refractivity contribution >= 4 is 9.84 Å². The summed E-state index contributed by atoms with van der Waals surface area (Å²) in [6.45, 7) is 5.58. The second-order valence-corrected chi connectivity index (χ2v) is 9.06. The number of rotatable bonds is 5. The van der Waals surface area contributed by atoms with E-state index in [1.165, 1.54) is 25.7 Å². The number of sulfone groups is 1. The van der Waals surface area contributed by atoms with E-state index in [4.69, 9.17) is 5.11 Å². The molecule has 0 aromatic carbocycles. The Kier molecular flexibility index (Phi) is 4.10. The van der Waals surface area contributed by atoms with Crippen LogP contribution in [0, 0.1) is 31.6 Å². The predicted molar refractivity (Wildman–Crippen MR) is 84.5 cm³/mol. The Morgan fingerprint density at radius 1 is 1.32 bits per heavy atom. The lowest BCUT2D eigenvalue weighted by atomic mass is 9.84. The summed E-state index contributed by atoms with van der Waals surface area (Å²) >= 11 is 0. The average Bonchev–Trinajstić information content (AvgIpc) is 3.14. The number of imidazole rings is 1. The molecule has 4 atom stereocenters. The van der Waals surface area contributed by atoms with Gasteiger partial charge in [0.1, 0.15) is 0 Å². The maximum Gasteiger partial charge on any atom is 0.228 e. The van der Waals surface area contributed by atoms with Gasteiger partial charge in [-0.25, -0.2) is 13.4 Å². The first-order chi connectivity index (χ1) is 10.3. The van der Waals surface area contributed by atoms with Crippen LogP contribution in [-0.2, 0) is 9.84 Å². The van der Waals surface area contributed by atoms with Gasteiger partial charge in [-0.05, 0) is 57.8 Å². The van der Waals surface area contributed by atoms with Crippen molar-refractivity contribution < 1.29 is 13.5 Å². The molecule has 2 saturated carbocycles. The first-order valence-electron chi connectivity index (χ1n) is 8.24. The molecule has 6 heteroatoms. The summed E-state index contributed by atoms with van der Waals surface area (Å²) < 4.78 is 26.8. The van der Waals surface area contributed by atoms with Crippen molar-refractivity contribution in [3.8, 4) is 0 Å². The molecule has 22 heavy (non-hydrogen) atoms. The Morgan fingerprint density at radius 2 is 2.05 bits per heavy atom. The lowest BCUT2D eigenvalue weighted by molar-refractivity contribution is 0.231. The summed E-state index contributed by atoms with van der Waals surface area (Å²) in [4.78, 5) is 4.32. The van der Waals surface area contributed by atoms with E-state index < -0.39 is 9.84 Å². The van der Waals surface area contributed by atoms with Crippen molar-refractivity contribution in [1.29, 1.82) is 0 Å². The van der Waals surface area contributed by atoms with E-state index in [1.807, 2.05) is 18.4 Å². The van der Waals surface area contributed by atoms with E-state index in [9.17, 15) is 8.42 Å². The zero-order valence-electron chi connectivity index (χ0n) is 13.6. The molecule has 2 aliphatic carbocycles. The minimum absolute atomic E-state index is 0.145. The van der Waals surface area contributed by atoms with Crippen LogP contribution in [-0.4, -0.2) is 35.4 Å². The highest BCUT2D eigenvalue weighted by Gasteiger charge is 2.43. The van der Waals surface area contributed by atoms with Crippen LogP contribution in [0.5, 0.6) is 0 Å². The van der Waals surface area contributed by atoms with Gasteiger partial charge in [0, 0.05) is 11.7 Å². The smallest absolute Gasteiger partial charge is 0.228 e. The fourth-order valence-corrected chi connectivity index (χ4v) is 5.88. The third kappa shape index (κ3) is 2.50. The van der Waals surface area contributed by atoms with Gasteiger partial charge in [-0.1, -0.05) is 6.42 Å². The van der Waals surface area contributed by atoms with Gasteiger partial charge in [0.25, 0.3) is 0 Å². The molecule has 0 radical (unpaired) electrons. The Bertz CT molecular complexity index is 665. The van der Waals surface area contributed by atoms with Crippen molar-refractivity contribution in [2.45, 2.75) is 57.7 Å². The zero-order chi connectivity index (χ0) is 16.1. The van der Waals surface area contributed by atoms with Gasteiger partial charge in [-0.15, -0.1) is 0 Å². The average molecular weight is 326 g/mol. The van der Waals surface area contributed by atoms with Gasteiger partial charge < -0.3 is 9.67 Å². The van der Waals surface area contributed by atoms with Gasteiger partial charge >= 0.3 is 0 Å². The van der Waals surface area contributed by atoms with Crippen LogP contribution >= 0.6 is 0 Å². The predicted octanol–water partition coefficient (Wildman–Crippen LogP) is 2.26. The lowest BCUT2D eigenvalue weighted by Gasteiger charge is -2.30. The van der Waals surface area contributed by atoms with Crippen LogP contribution in [0.15, 0.2) is 5.16 Å². The van der Waals surface area contributed by atoms with E-state index in [0.29, 0.717) is 5.92 Å². The van der Waals surface area contributed by atoms with Gasteiger partial charge in [-0.2, -0.15) is 0 Å². The molecular formula is C16H26N2O3S. The fraction of sp³-hybridized carbons (Fsp3) is 0.812. The van der Waals surface area contributed by atoms with Crippen molar-refractivity contribution in [3.63, 3.8) is 0 Å². The zero-order valence-corrected chi connectivity index (χ0v) is 14.4. The maximum atomic E-state index is 12.5. The third-order valence-electron chi connectivity index (χ3n) is 5.81. The second kappa shape index (κ2) is 5.64. The van der Waals surface area contributed by atoms with Crippen LogP contribution in [0.1, 0.15) is 50.0 Å². The summed E-state index contributed by atoms with van der Waals surface area (Å²) in [5.41, 5.74) is 1.71. The monoisotopic (exact) mass is 326 g/mol. The van der Waals surface area contributed by atoms with E-state index in [2.05, 4.69) is 11.9 Å². The minimum atomic E-state index is -3.53. The molecule has 1 N–H and O–H groups in total. The Labute approximate surface area is 132 Å². The molecule has 3 rings (SSSR count). The molecule has 2 aliphatic rings. The van der Waals surface area contributed by atoms with E-state index in [0.717, 1.165) is 23.2 Å². The summed E-state index contributed by atoms with van der Waals surface area (Å²) in [5.74, 6) is 1.86. The van der Waals surface area contributed by atoms with Crippen LogP contribution in [0.25, 0.3) is 0 Å². The number of aliphatic hydroxyl groups excluding tert-OH is 1. The van der Waals surface area contributed by atoms with Crippen LogP contribution in [0.4, 0.5) is 0 Å². The first-order valence-corrected chi connectivity index (χ1v) is 9.89. The summed E-state index contributed by atoms with van der Waals surface area (Å²) in [7, 11) is -3.53. The second-order valence-electron chi connectivity index (χ2n) is 7.06. The standard InChI is InChI=1S/C16H26N2O3S/c1-10-11(2)18(16(17-10)22(20,21)7-6-19)12(3)15-9-13-4-5-14(15)8-13/h12-15,19H,4-9H2,1-3H3. The van der Waals surface area contributed by atoms with E-state index in [1.54, 1.807) is 0 Å². The molecule has 0 saturated heterocycles. The Hall–Kier alpha value is -0.880. The number of aryl methyl sites for hydroxylation is 1. The summed E-state index contributed by atoms with van der Waals surface area (Å²) in [5, 5.41) is 9.20. The van der Waals surface area contributed by atoms with Crippen molar-refractivity contribution in [2.24, 2.45) is 17.8 Å². The Balaban J connectivity index is 1.99. The number of aliphatic hydroxyl groups is 1. The molecule has 1 heterocycles. The largest absolute Gasteiger partial charge is 0.395 e.